The van der Waals surface area contributed by atoms with Crippen molar-refractivity contribution in [1.29, 1.82) is 0 Å². The predicted octanol–water partition coefficient (Wildman–Crippen LogP) is 4.43. The Labute approximate surface area is 119 Å². The lowest BCUT2D eigenvalue weighted by molar-refractivity contribution is 0.354. The Balaban J connectivity index is 2.45. The van der Waals surface area contributed by atoms with Crippen LogP contribution >= 0.6 is 27.5 Å². The van der Waals surface area contributed by atoms with Gasteiger partial charge in [-0.2, -0.15) is 0 Å². The van der Waals surface area contributed by atoms with Crippen LogP contribution < -0.4 is 9.47 Å². The molecule has 3 nitrogen and oxygen atoms in total. The van der Waals surface area contributed by atoms with Gasteiger partial charge in [-0.1, -0.05) is 27.5 Å². The quantitative estimate of drug-likeness (QED) is 0.777. The third-order valence-corrected chi connectivity index (χ3v) is 3.96. The van der Waals surface area contributed by atoms with Gasteiger partial charge < -0.3 is 13.9 Å². The second-order valence-corrected chi connectivity index (χ2v) is 4.97. The van der Waals surface area contributed by atoms with E-state index in [9.17, 15) is 0 Å². The predicted molar refractivity (Wildman–Crippen MR) is 74.0 cm³/mol. The molecule has 96 valence electrons. The maximum atomic E-state index is 6.25. The lowest BCUT2D eigenvalue weighted by Gasteiger charge is -2.14. The van der Waals surface area contributed by atoms with E-state index in [0.29, 0.717) is 16.5 Å². The van der Waals surface area contributed by atoms with E-state index in [0.717, 1.165) is 11.1 Å². The first kappa shape index (κ1) is 13.3. The number of methoxy groups -OCH3 is 2. The van der Waals surface area contributed by atoms with Crippen LogP contribution in [0.1, 0.15) is 16.0 Å². The normalized spacial score (nSPS) is 12.2. The zero-order chi connectivity index (χ0) is 13.1. The summed E-state index contributed by atoms with van der Waals surface area (Å²) in [4.78, 5) is -0.0523. The average molecular weight is 332 g/mol. The number of ether oxygens (including phenoxy) is 2. The molecule has 1 aromatic heterocycles. The fourth-order valence-electron chi connectivity index (χ4n) is 1.66. The molecule has 0 radical (unpaired) electrons. The fraction of sp³-hybridized carbons (Fsp3) is 0.231. The number of hydrogen-bond donors (Lipinski definition) is 0. The van der Waals surface area contributed by atoms with Gasteiger partial charge in [-0.05, 0) is 17.7 Å². The highest BCUT2D eigenvalue weighted by atomic mass is 79.9. The van der Waals surface area contributed by atoms with Crippen molar-refractivity contribution >= 4 is 27.5 Å². The SMILES string of the molecule is COc1cc(Cl)c(C(Br)c2ccoc2)cc1OC. The van der Waals surface area contributed by atoms with E-state index in [1.165, 1.54) is 0 Å². The smallest absolute Gasteiger partial charge is 0.162 e. The van der Waals surface area contributed by atoms with Gasteiger partial charge in [-0.25, -0.2) is 0 Å². The lowest BCUT2D eigenvalue weighted by atomic mass is 10.1. The Bertz CT molecular complexity index is 525. The molecular formula is C13H12BrClO3. The van der Waals surface area contributed by atoms with E-state index in [2.05, 4.69) is 15.9 Å². The molecule has 2 aromatic rings. The van der Waals surface area contributed by atoms with E-state index >= 15 is 0 Å². The van der Waals surface area contributed by atoms with Gasteiger partial charge in [0.25, 0.3) is 0 Å². The summed E-state index contributed by atoms with van der Waals surface area (Å²) in [6, 6.07) is 5.48. The van der Waals surface area contributed by atoms with Gasteiger partial charge in [0.2, 0.25) is 0 Å². The Morgan fingerprint density at radius 2 is 1.89 bits per heavy atom. The summed E-state index contributed by atoms with van der Waals surface area (Å²) >= 11 is 9.85. The topological polar surface area (TPSA) is 31.6 Å². The summed E-state index contributed by atoms with van der Waals surface area (Å²) in [5.74, 6) is 1.25. The summed E-state index contributed by atoms with van der Waals surface area (Å²) in [5.41, 5.74) is 1.89. The van der Waals surface area contributed by atoms with Crippen molar-refractivity contribution in [3.63, 3.8) is 0 Å². The van der Waals surface area contributed by atoms with E-state index in [1.807, 2.05) is 12.1 Å². The molecule has 0 N–H and O–H groups in total. The third-order valence-electron chi connectivity index (χ3n) is 2.61. The highest BCUT2D eigenvalue weighted by Gasteiger charge is 2.18. The van der Waals surface area contributed by atoms with Gasteiger partial charge in [0.15, 0.2) is 11.5 Å². The highest BCUT2D eigenvalue weighted by Crippen LogP contribution is 2.41. The molecule has 0 amide bonds. The Hall–Kier alpha value is -1.13. The van der Waals surface area contributed by atoms with Crippen molar-refractivity contribution < 1.29 is 13.9 Å². The Kier molecular flexibility index (Phi) is 4.19. The number of halogens is 2. The molecule has 1 aromatic carbocycles. The van der Waals surface area contributed by atoms with Gasteiger partial charge >= 0.3 is 0 Å². The van der Waals surface area contributed by atoms with Gasteiger partial charge in [0.05, 0.1) is 31.6 Å². The maximum absolute atomic E-state index is 6.25. The number of furan rings is 1. The molecule has 0 aliphatic heterocycles. The van der Waals surface area contributed by atoms with Crippen molar-refractivity contribution in [3.05, 3.63) is 46.9 Å². The zero-order valence-corrected chi connectivity index (χ0v) is 12.3. The summed E-state index contributed by atoms with van der Waals surface area (Å²) in [6.07, 6.45) is 3.30. The number of alkyl halides is 1. The lowest BCUT2D eigenvalue weighted by Crippen LogP contribution is -1.96. The maximum Gasteiger partial charge on any atom is 0.162 e. The summed E-state index contributed by atoms with van der Waals surface area (Å²) < 4.78 is 15.5. The minimum absolute atomic E-state index is 0.0523. The first-order valence-corrected chi connectivity index (χ1v) is 6.54. The van der Waals surface area contributed by atoms with E-state index < -0.39 is 0 Å². The van der Waals surface area contributed by atoms with Crippen LogP contribution in [0.4, 0.5) is 0 Å². The number of hydrogen-bond acceptors (Lipinski definition) is 3. The summed E-state index contributed by atoms with van der Waals surface area (Å²) in [5, 5.41) is 0.607. The van der Waals surface area contributed by atoms with E-state index in [4.69, 9.17) is 25.5 Å². The van der Waals surface area contributed by atoms with Gasteiger partial charge in [-0.3, -0.25) is 0 Å². The molecule has 5 heteroatoms. The Morgan fingerprint density at radius 1 is 1.22 bits per heavy atom. The standard InChI is InChI=1S/C13H12BrClO3/c1-16-11-5-9(10(15)6-12(11)17-2)13(14)8-3-4-18-7-8/h3-7,13H,1-2H3. The van der Waals surface area contributed by atoms with Crippen LogP contribution in [-0.2, 0) is 0 Å². The first-order chi connectivity index (χ1) is 8.67. The molecular weight excluding hydrogens is 319 g/mol. The van der Waals surface area contributed by atoms with Gasteiger partial charge in [0, 0.05) is 16.7 Å². The molecule has 0 spiro atoms. The van der Waals surface area contributed by atoms with Crippen LogP contribution in [0.5, 0.6) is 11.5 Å². The van der Waals surface area contributed by atoms with E-state index in [1.54, 1.807) is 32.8 Å². The molecule has 1 unspecified atom stereocenters. The number of rotatable bonds is 4. The van der Waals surface area contributed by atoms with Gasteiger partial charge in [-0.15, -0.1) is 0 Å². The van der Waals surface area contributed by atoms with Crippen molar-refractivity contribution in [2.45, 2.75) is 4.83 Å². The first-order valence-electron chi connectivity index (χ1n) is 5.25. The minimum atomic E-state index is -0.0523. The Morgan fingerprint density at radius 3 is 2.44 bits per heavy atom. The van der Waals surface area contributed by atoms with Crippen molar-refractivity contribution in [1.82, 2.24) is 0 Å². The monoisotopic (exact) mass is 330 g/mol. The van der Waals surface area contributed by atoms with Crippen molar-refractivity contribution in [3.8, 4) is 11.5 Å². The molecule has 0 bridgehead atoms. The molecule has 2 rings (SSSR count). The van der Waals surface area contributed by atoms with Crippen LogP contribution in [0, 0.1) is 0 Å². The molecule has 1 atom stereocenters. The van der Waals surface area contributed by atoms with Crippen LogP contribution in [0.25, 0.3) is 0 Å². The molecule has 18 heavy (non-hydrogen) atoms. The van der Waals surface area contributed by atoms with Crippen LogP contribution in [-0.4, -0.2) is 14.2 Å². The molecule has 0 aliphatic carbocycles. The van der Waals surface area contributed by atoms with Crippen LogP contribution in [0.3, 0.4) is 0 Å². The van der Waals surface area contributed by atoms with Crippen LogP contribution in [0.2, 0.25) is 5.02 Å². The largest absolute Gasteiger partial charge is 0.493 e. The molecule has 0 aliphatic rings. The molecule has 0 fully saturated rings. The second kappa shape index (κ2) is 5.67. The van der Waals surface area contributed by atoms with Crippen LogP contribution in [0.15, 0.2) is 35.1 Å². The van der Waals surface area contributed by atoms with Gasteiger partial charge in [0.1, 0.15) is 0 Å². The zero-order valence-electron chi connectivity index (χ0n) is 9.94. The minimum Gasteiger partial charge on any atom is -0.493 e. The second-order valence-electron chi connectivity index (χ2n) is 3.65. The average Bonchev–Trinajstić information content (AvgIpc) is 2.91. The number of benzene rings is 1. The van der Waals surface area contributed by atoms with E-state index in [-0.39, 0.29) is 4.83 Å². The highest BCUT2D eigenvalue weighted by molar-refractivity contribution is 9.09. The molecule has 1 heterocycles. The van der Waals surface area contributed by atoms with Crippen molar-refractivity contribution in [2.24, 2.45) is 0 Å². The third kappa shape index (κ3) is 2.49. The fourth-order valence-corrected chi connectivity index (χ4v) is 2.70. The molecule has 0 saturated carbocycles. The van der Waals surface area contributed by atoms with Crippen molar-refractivity contribution in [2.75, 3.05) is 14.2 Å². The molecule has 0 saturated heterocycles. The summed E-state index contributed by atoms with van der Waals surface area (Å²) in [7, 11) is 3.17. The summed E-state index contributed by atoms with van der Waals surface area (Å²) in [6.45, 7) is 0.